The molecular weight excluding hydrogens is 498 g/mol. The number of allylic oxidation sites excluding steroid dienone is 1. The first kappa shape index (κ1) is 29.2. The van der Waals surface area contributed by atoms with E-state index in [1.165, 1.54) is 11.1 Å². The minimum atomic E-state index is -1.32. The quantitative estimate of drug-likeness (QED) is 0.210. The number of aromatic nitrogens is 3. The molecule has 0 fully saturated rings. The van der Waals surface area contributed by atoms with Crippen molar-refractivity contribution >= 4 is 30.8 Å². The van der Waals surface area contributed by atoms with Crippen LogP contribution in [0.4, 0.5) is 0 Å². The summed E-state index contributed by atoms with van der Waals surface area (Å²) >= 11 is 0. The number of amides is 1. The number of aliphatic hydroxyl groups excluding tert-OH is 1. The molecule has 3 heterocycles. The molecule has 0 aliphatic heterocycles. The SMILES string of the molecule is CN(C)C=CCC(=O)c1cn(COCC[Si](C)(C)C)c2ncc(-c3cncc(C(O)C(=O)N(C)C)c3)cc12. The number of Topliss-reactive ketones (excluding diaryl/α,β-unsaturated/α-hetero) is 1. The third kappa shape index (κ3) is 7.59. The van der Waals surface area contributed by atoms with E-state index in [-0.39, 0.29) is 12.2 Å². The van der Waals surface area contributed by atoms with Gasteiger partial charge in [0, 0.05) is 102 Å². The molecular formula is C28H39N5O4Si. The molecule has 3 rings (SSSR count). The summed E-state index contributed by atoms with van der Waals surface area (Å²) in [5, 5.41) is 11.2. The third-order valence-electron chi connectivity index (χ3n) is 6.03. The van der Waals surface area contributed by atoms with E-state index in [9.17, 15) is 14.7 Å². The van der Waals surface area contributed by atoms with Crippen molar-refractivity contribution in [2.75, 3.05) is 34.8 Å². The lowest BCUT2D eigenvalue weighted by molar-refractivity contribution is -0.137. The van der Waals surface area contributed by atoms with E-state index in [0.29, 0.717) is 35.7 Å². The molecule has 0 saturated carbocycles. The molecule has 10 heteroatoms. The highest BCUT2D eigenvalue weighted by Gasteiger charge is 2.21. The monoisotopic (exact) mass is 537 g/mol. The predicted octanol–water partition coefficient (Wildman–Crippen LogP) is 4.18. The number of hydrogen-bond donors (Lipinski definition) is 1. The molecule has 0 bridgehead atoms. The Bertz CT molecular complexity index is 1310. The minimum Gasteiger partial charge on any atom is -0.384 e. The van der Waals surface area contributed by atoms with Crippen molar-refractivity contribution in [2.45, 2.75) is 44.9 Å². The normalized spacial score (nSPS) is 12.7. The highest BCUT2D eigenvalue weighted by atomic mass is 28.3. The highest BCUT2D eigenvalue weighted by Crippen LogP contribution is 2.29. The number of ether oxygens (including phenoxy) is 1. The highest BCUT2D eigenvalue weighted by molar-refractivity contribution is 6.76. The molecule has 3 aromatic rings. The average Bonchev–Trinajstić information content (AvgIpc) is 3.22. The van der Waals surface area contributed by atoms with Gasteiger partial charge < -0.3 is 24.2 Å². The van der Waals surface area contributed by atoms with E-state index in [2.05, 4.69) is 29.6 Å². The Morgan fingerprint density at radius 2 is 1.82 bits per heavy atom. The maximum absolute atomic E-state index is 13.2. The molecule has 9 nitrogen and oxygen atoms in total. The summed E-state index contributed by atoms with van der Waals surface area (Å²) in [4.78, 5) is 37.6. The number of likely N-dealkylation sites (N-methyl/N-ethyl adjacent to an activating group) is 1. The van der Waals surface area contributed by atoms with Crippen molar-refractivity contribution < 1.29 is 19.4 Å². The van der Waals surface area contributed by atoms with Gasteiger partial charge in [0.15, 0.2) is 11.9 Å². The van der Waals surface area contributed by atoms with Gasteiger partial charge in [-0.15, -0.1) is 0 Å². The van der Waals surface area contributed by atoms with Crippen LogP contribution in [0, 0.1) is 0 Å². The van der Waals surface area contributed by atoms with E-state index in [0.717, 1.165) is 17.0 Å². The Balaban J connectivity index is 1.98. The van der Waals surface area contributed by atoms with Crippen molar-refractivity contribution in [1.29, 1.82) is 0 Å². The first-order chi connectivity index (χ1) is 17.9. The van der Waals surface area contributed by atoms with E-state index in [4.69, 9.17) is 4.74 Å². The lowest BCUT2D eigenvalue weighted by Crippen LogP contribution is -2.28. The number of carbonyl (C=O) groups is 2. The molecule has 1 atom stereocenters. The van der Waals surface area contributed by atoms with Crippen molar-refractivity contribution in [3.8, 4) is 11.1 Å². The molecule has 0 saturated heterocycles. The molecule has 38 heavy (non-hydrogen) atoms. The Hall–Kier alpha value is -3.34. The Morgan fingerprint density at radius 1 is 1.11 bits per heavy atom. The number of carbonyl (C=O) groups excluding carboxylic acids is 2. The molecule has 1 amide bonds. The summed E-state index contributed by atoms with van der Waals surface area (Å²) in [5.74, 6) is -0.450. The van der Waals surface area contributed by atoms with Gasteiger partial charge in [-0.2, -0.15) is 0 Å². The van der Waals surface area contributed by atoms with Gasteiger partial charge in [-0.05, 0) is 24.4 Å². The fraction of sp³-hybridized carbons (Fsp3) is 0.429. The fourth-order valence-corrected chi connectivity index (χ4v) is 4.58. The third-order valence-corrected chi connectivity index (χ3v) is 7.74. The summed E-state index contributed by atoms with van der Waals surface area (Å²) in [7, 11) is 5.78. The topological polar surface area (TPSA) is 101 Å². The van der Waals surface area contributed by atoms with Gasteiger partial charge >= 0.3 is 0 Å². The number of rotatable bonds is 12. The lowest BCUT2D eigenvalue weighted by Gasteiger charge is -2.16. The lowest BCUT2D eigenvalue weighted by atomic mass is 10.0. The van der Waals surface area contributed by atoms with Crippen molar-refractivity contribution in [3.63, 3.8) is 0 Å². The molecule has 0 aliphatic rings. The zero-order valence-corrected chi connectivity index (χ0v) is 24.4. The molecule has 3 aromatic heterocycles. The first-order valence-corrected chi connectivity index (χ1v) is 16.4. The molecule has 0 spiro atoms. The zero-order chi connectivity index (χ0) is 28.0. The van der Waals surface area contributed by atoms with Gasteiger partial charge in [-0.25, -0.2) is 4.98 Å². The summed E-state index contributed by atoms with van der Waals surface area (Å²) in [6, 6.07) is 4.68. The number of aliphatic hydroxyl groups is 1. The minimum absolute atomic E-state index is 0.0215. The smallest absolute Gasteiger partial charge is 0.255 e. The van der Waals surface area contributed by atoms with Crippen LogP contribution in [-0.4, -0.2) is 84.0 Å². The molecule has 1 unspecified atom stereocenters. The van der Waals surface area contributed by atoms with Crippen LogP contribution in [0.5, 0.6) is 0 Å². The van der Waals surface area contributed by atoms with Crippen LogP contribution < -0.4 is 0 Å². The Labute approximate surface area is 225 Å². The van der Waals surface area contributed by atoms with Gasteiger partial charge in [0.2, 0.25) is 0 Å². The molecule has 0 aromatic carbocycles. The number of pyridine rings is 2. The van der Waals surface area contributed by atoms with Crippen molar-refractivity contribution in [2.24, 2.45) is 0 Å². The first-order valence-electron chi connectivity index (χ1n) is 12.6. The zero-order valence-electron chi connectivity index (χ0n) is 23.4. The Morgan fingerprint density at radius 3 is 2.47 bits per heavy atom. The van der Waals surface area contributed by atoms with Crippen LogP contribution in [-0.2, 0) is 16.3 Å². The van der Waals surface area contributed by atoms with E-state index in [1.54, 1.807) is 32.6 Å². The summed E-state index contributed by atoms with van der Waals surface area (Å²) in [6.07, 6.45) is 9.29. The van der Waals surface area contributed by atoms with Gasteiger partial charge in [0.05, 0.1) is 0 Å². The summed E-state index contributed by atoms with van der Waals surface area (Å²) < 4.78 is 7.84. The average molecular weight is 538 g/mol. The number of nitrogens with zero attached hydrogens (tertiary/aromatic N) is 5. The van der Waals surface area contributed by atoms with Crippen molar-refractivity contribution in [1.82, 2.24) is 24.3 Å². The number of fused-ring (bicyclic) bond motifs is 1. The Kier molecular flexibility index (Phi) is 9.59. The van der Waals surface area contributed by atoms with Crippen LogP contribution in [0.1, 0.15) is 28.4 Å². The largest absolute Gasteiger partial charge is 0.384 e. The van der Waals surface area contributed by atoms with E-state index >= 15 is 0 Å². The van der Waals surface area contributed by atoms with E-state index < -0.39 is 20.1 Å². The summed E-state index contributed by atoms with van der Waals surface area (Å²) in [5.41, 5.74) is 3.03. The van der Waals surface area contributed by atoms with Crippen molar-refractivity contribution in [3.05, 3.63) is 60.3 Å². The van der Waals surface area contributed by atoms with Gasteiger partial charge in [0.25, 0.3) is 5.91 Å². The van der Waals surface area contributed by atoms with Crippen LogP contribution in [0.3, 0.4) is 0 Å². The number of ketones is 1. The molecule has 0 aliphatic carbocycles. The van der Waals surface area contributed by atoms with Crippen LogP contribution in [0.2, 0.25) is 25.7 Å². The van der Waals surface area contributed by atoms with Gasteiger partial charge in [0.1, 0.15) is 12.4 Å². The van der Waals surface area contributed by atoms with Crippen LogP contribution in [0.15, 0.2) is 49.2 Å². The standard InChI is InChI=1S/C28H39N5O4Si/c1-31(2)10-8-9-25(34)24-18-33(19-37-11-12-38(5,6)7)27-23(24)14-21(17-30-27)20-13-22(16-29-15-20)26(35)28(36)32(3)4/h8,10,13-18,26,35H,9,11-12,19H2,1-7H3. The fourth-order valence-electron chi connectivity index (χ4n) is 3.82. The second-order valence-corrected chi connectivity index (χ2v) is 16.7. The second-order valence-electron chi connectivity index (χ2n) is 11.1. The maximum Gasteiger partial charge on any atom is 0.255 e. The molecule has 204 valence electrons. The molecule has 1 N–H and O–H groups in total. The van der Waals surface area contributed by atoms with E-state index in [1.807, 2.05) is 48.1 Å². The molecule has 0 radical (unpaired) electrons. The van der Waals surface area contributed by atoms with Gasteiger partial charge in [-0.3, -0.25) is 14.6 Å². The van der Waals surface area contributed by atoms with Crippen LogP contribution in [0.25, 0.3) is 22.2 Å². The maximum atomic E-state index is 13.2. The van der Waals surface area contributed by atoms with Gasteiger partial charge in [-0.1, -0.05) is 25.7 Å². The second kappa shape index (κ2) is 12.5. The predicted molar refractivity (Wildman–Crippen MR) is 152 cm³/mol. The van der Waals surface area contributed by atoms with Crippen LogP contribution >= 0.6 is 0 Å². The summed E-state index contributed by atoms with van der Waals surface area (Å²) in [6.45, 7) is 7.89. The number of hydrogen-bond acceptors (Lipinski definition) is 7.